The first-order valence-electron chi connectivity index (χ1n) is 22.1. The predicted octanol–water partition coefficient (Wildman–Crippen LogP) is 15.4. The number of hydrogen-bond acceptors (Lipinski definition) is 4. The van der Waals surface area contributed by atoms with Gasteiger partial charge in [0.1, 0.15) is 23.0 Å². The van der Waals surface area contributed by atoms with Crippen molar-refractivity contribution >= 4 is 59.8 Å². The minimum absolute atomic E-state index is 0.841. The summed E-state index contributed by atoms with van der Waals surface area (Å²) < 4.78 is 21.7. The van der Waals surface area contributed by atoms with Gasteiger partial charge in [-0.1, -0.05) is 146 Å². The lowest BCUT2D eigenvalue weighted by Gasteiger charge is -2.13. The standard InChI is InChI=1S/C62H48O4/c1-63-49-25-13-41(14-26-49)5-9-45-21-33-53-54-34-22-46(10-6-42-15-27-50(64-2)28-16-42)38-58(54)61(57(53)37-45)62-59-39-47(11-7-43-17-29-51(65-3)30-18-43)23-35-55(59)56-36-24-48(40-60(56)62)12-8-44-19-31-52(66-4)32-20-44/h5-40H,1-4H3/b9-5+,10-6+,11-7+,12-8+. The molecule has 4 heteroatoms. The Kier molecular flexibility index (Phi) is 11.6. The summed E-state index contributed by atoms with van der Waals surface area (Å²) in [7, 11) is 6.78. The van der Waals surface area contributed by atoms with Gasteiger partial charge in [0.2, 0.25) is 0 Å². The molecule has 0 bridgehead atoms. The van der Waals surface area contributed by atoms with Gasteiger partial charge in [0.15, 0.2) is 0 Å². The van der Waals surface area contributed by atoms with Crippen molar-refractivity contribution in [2.24, 2.45) is 0 Å². The molecule has 0 saturated heterocycles. The van der Waals surface area contributed by atoms with Crippen molar-refractivity contribution in [2.75, 3.05) is 28.4 Å². The highest BCUT2D eigenvalue weighted by Crippen LogP contribution is 2.55. The lowest BCUT2D eigenvalue weighted by atomic mass is 9.89. The van der Waals surface area contributed by atoms with Crippen LogP contribution in [0.4, 0.5) is 0 Å². The Balaban J connectivity index is 1.15. The van der Waals surface area contributed by atoms with E-state index in [0.29, 0.717) is 0 Å². The summed E-state index contributed by atoms with van der Waals surface area (Å²) >= 11 is 0. The number of fused-ring (bicyclic) bond motifs is 6. The fraction of sp³-hybridized carbons (Fsp3) is 0.0645. The number of methoxy groups -OCH3 is 4. The van der Waals surface area contributed by atoms with E-state index in [1.807, 2.05) is 48.5 Å². The maximum atomic E-state index is 5.42. The zero-order chi connectivity index (χ0) is 45.0. The largest absolute Gasteiger partial charge is 0.497 e. The van der Waals surface area contributed by atoms with Gasteiger partial charge in [0.05, 0.1) is 28.4 Å². The normalized spacial score (nSPS) is 12.5. The van der Waals surface area contributed by atoms with Crippen LogP contribution in [-0.2, 0) is 0 Å². The Morgan fingerprint density at radius 3 is 0.591 bits per heavy atom. The summed E-state index contributed by atoms with van der Waals surface area (Å²) in [6.07, 6.45) is 17.5. The lowest BCUT2D eigenvalue weighted by Crippen LogP contribution is -1.93. The Bertz CT molecular complexity index is 2800. The van der Waals surface area contributed by atoms with Crippen molar-refractivity contribution in [3.05, 3.63) is 237 Å². The molecule has 0 spiro atoms. The van der Waals surface area contributed by atoms with Crippen molar-refractivity contribution in [1.82, 2.24) is 0 Å². The highest BCUT2D eigenvalue weighted by Gasteiger charge is 2.33. The van der Waals surface area contributed by atoms with E-state index in [2.05, 4.69) is 170 Å². The SMILES string of the molecule is COc1ccc(/C=C/c2ccc3c(c2)C(=C2c4cc(/C=C/c5ccc(OC)cc5)ccc4-c4ccc(/C=C/c5ccc(OC)cc5)cc42)c2cc(/C=C/c4ccc(OC)cc4)ccc2-3)cc1. The first kappa shape index (κ1) is 41.7. The molecule has 0 amide bonds. The van der Waals surface area contributed by atoms with Crippen LogP contribution in [0.5, 0.6) is 23.0 Å². The topological polar surface area (TPSA) is 36.9 Å². The van der Waals surface area contributed by atoms with Crippen LogP contribution in [0.2, 0.25) is 0 Å². The van der Waals surface area contributed by atoms with Gasteiger partial charge < -0.3 is 18.9 Å². The third-order valence-electron chi connectivity index (χ3n) is 12.4. The molecule has 8 aromatic rings. The van der Waals surface area contributed by atoms with Crippen LogP contribution < -0.4 is 18.9 Å². The number of ether oxygens (including phenoxy) is 4. The fourth-order valence-electron chi connectivity index (χ4n) is 8.89. The van der Waals surface area contributed by atoms with Gasteiger partial charge in [0.25, 0.3) is 0 Å². The van der Waals surface area contributed by atoms with Crippen LogP contribution >= 0.6 is 0 Å². The summed E-state index contributed by atoms with van der Waals surface area (Å²) in [5.74, 6) is 3.36. The van der Waals surface area contributed by atoms with E-state index in [9.17, 15) is 0 Å². The third kappa shape index (κ3) is 8.53. The summed E-state index contributed by atoms with van der Waals surface area (Å²) in [6.45, 7) is 0. The average molecular weight is 857 g/mol. The molecule has 8 aromatic carbocycles. The molecule has 2 aliphatic carbocycles. The van der Waals surface area contributed by atoms with Crippen molar-refractivity contribution in [1.29, 1.82) is 0 Å². The van der Waals surface area contributed by atoms with Gasteiger partial charge in [-0.3, -0.25) is 0 Å². The van der Waals surface area contributed by atoms with E-state index in [0.717, 1.165) is 67.5 Å². The molecular weight excluding hydrogens is 809 g/mol. The molecule has 0 unspecified atom stereocenters. The van der Waals surface area contributed by atoms with Crippen molar-refractivity contribution < 1.29 is 18.9 Å². The highest BCUT2D eigenvalue weighted by atomic mass is 16.5. The summed E-state index contributed by atoms with van der Waals surface area (Å²) in [5, 5.41) is 0. The van der Waals surface area contributed by atoms with Crippen LogP contribution in [0.15, 0.2) is 170 Å². The van der Waals surface area contributed by atoms with E-state index < -0.39 is 0 Å². The molecule has 0 heterocycles. The molecule has 0 fully saturated rings. The second-order valence-corrected chi connectivity index (χ2v) is 16.4. The van der Waals surface area contributed by atoms with Crippen LogP contribution in [0, 0.1) is 0 Å². The van der Waals surface area contributed by atoms with Crippen molar-refractivity contribution in [3.63, 3.8) is 0 Å². The van der Waals surface area contributed by atoms with E-state index in [-0.39, 0.29) is 0 Å². The molecule has 0 saturated carbocycles. The van der Waals surface area contributed by atoms with Crippen LogP contribution in [0.1, 0.15) is 66.8 Å². The first-order valence-corrected chi connectivity index (χ1v) is 22.1. The first-order chi connectivity index (χ1) is 32.5. The minimum atomic E-state index is 0.841. The Morgan fingerprint density at radius 1 is 0.212 bits per heavy atom. The summed E-state index contributed by atoms with van der Waals surface area (Å²) in [5.41, 5.74) is 21.1. The minimum Gasteiger partial charge on any atom is -0.497 e. The smallest absolute Gasteiger partial charge is 0.118 e. The molecule has 10 rings (SSSR count). The molecule has 320 valence electrons. The molecule has 4 nitrogen and oxygen atoms in total. The molecule has 0 aromatic heterocycles. The quantitative estimate of drug-likeness (QED) is 0.115. The van der Waals surface area contributed by atoms with Gasteiger partial charge >= 0.3 is 0 Å². The Morgan fingerprint density at radius 2 is 0.394 bits per heavy atom. The zero-order valence-electron chi connectivity index (χ0n) is 37.4. The van der Waals surface area contributed by atoms with Crippen molar-refractivity contribution in [2.45, 2.75) is 0 Å². The molecule has 0 atom stereocenters. The molecule has 0 aliphatic heterocycles. The highest BCUT2D eigenvalue weighted by molar-refractivity contribution is 6.19. The fourth-order valence-corrected chi connectivity index (χ4v) is 8.89. The monoisotopic (exact) mass is 856 g/mol. The van der Waals surface area contributed by atoms with E-state index in [1.165, 1.54) is 55.7 Å². The van der Waals surface area contributed by atoms with E-state index in [1.54, 1.807) is 28.4 Å². The van der Waals surface area contributed by atoms with Gasteiger partial charge in [-0.05, 0) is 173 Å². The Labute approximate surface area is 387 Å². The van der Waals surface area contributed by atoms with Gasteiger partial charge in [-0.2, -0.15) is 0 Å². The molecule has 66 heavy (non-hydrogen) atoms. The second kappa shape index (κ2) is 18.4. The number of rotatable bonds is 12. The Hall–Kier alpha value is -8.34. The van der Waals surface area contributed by atoms with E-state index in [4.69, 9.17) is 18.9 Å². The van der Waals surface area contributed by atoms with Crippen LogP contribution in [-0.4, -0.2) is 28.4 Å². The van der Waals surface area contributed by atoms with Gasteiger partial charge in [0, 0.05) is 0 Å². The molecule has 2 aliphatic rings. The van der Waals surface area contributed by atoms with Gasteiger partial charge in [-0.15, -0.1) is 0 Å². The molecule has 0 N–H and O–H groups in total. The van der Waals surface area contributed by atoms with Crippen LogP contribution in [0.3, 0.4) is 0 Å². The maximum absolute atomic E-state index is 5.42. The molecule has 0 radical (unpaired) electrons. The second-order valence-electron chi connectivity index (χ2n) is 16.4. The maximum Gasteiger partial charge on any atom is 0.118 e. The van der Waals surface area contributed by atoms with Crippen molar-refractivity contribution in [3.8, 4) is 45.3 Å². The van der Waals surface area contributed by atoms with E-state index >= 15 is 0 Å². The number of hydrogen-bond donors (Lipinski definition) is 0. The predicted molar refractivity (Wildman–Crippen MR) is 276 cm³/mol. The van der Waals surface area contributed by atoms with Crippen LogP contribution in [0.25, 0.3) is 82.0 Å². The number of benzene rings is 8. The summed E-state index contributed by atoms with van der Waals surface area (Å²) in [4.78, 5) is 0. The zero-order valence-corrected chi connectivity index (χ0v) is 37.4. The summed E-state index contributed by atoms with van der Waals surface area (Å²) in [6, 6.07) is 60.2. The van der Waals surface area contributed by atoms with Gasteiger partial charge in [-0.25, -0.2) is 0 Å². The lowest BCUT2D eigenvalue weighted by molar-refractivity contribution is 0.414. The average Bonchev–Trinajstić information content (AvgIpc) is 3.86. The molecular formula is C62H48O4. The third-order valence-corrected chi connectivity index (χ3v) is 12.4.